The number of nitrogens with zero attached hydrogens (tertiary/aromatic N) is 4. The Kier molecular flexibility index (Phi) is 6.05. The van der Waals surface area contributed by atoms with Crippen molar-refractivity contribution < 1.29 is 9.59 Å². The molecule has 0 saturated carbocycles. The first-order chi connectivity index (χ1) is 15.5. The molecular formula is C24H32N4O3S. The summed E-state index contributed by atoms with van der Waals surface area (Å²) in [7, 11) is 0. The van der Waals surface area contributed by atoms with Crippen LogP contribution < -0.4 is 5.56 Å². The molecule has 2 aromatic heterocycles. The molecule has 2 aromatic rings. The number of amides is 2. The maximum atomic E-state index is 13.4. The number of carbonyl (C=O) groups is 2. The lowest BCUT2D eigenvalue weighted by Crippen LogP contribution is -2.45. The molecule has 172 valence electrons. The predicted molar refractivity (Wildman–Crippen MR) is 125 cm³/mol. The van der Waals surface area contributed by atoms with E-state index in [0.717, 1.165) is 75.8 Å². The van der Waals surface area contributed by atoms with Gasteiger partial charge in [0.25, 0.3) is 11.5 Å². The Labute approximate surface area is 192 Å². The predicted octanol–water partition coefficient (Wildman–Crippen LogP) is 3.36. The van der Waals surface area contributed by atoms with Crippen LogP contribution in [-0.2, 0) is 17.8 Å². The lowest BCUT2D eigenvalue weighted by molar-refractivity contribution is -0.137. The van der Waals surface area contributed by atoms with Crippen LogP contribution in [0.15, 0.2) is 4.79 Å². The molecule has 32 heavy (non-hydrogen) atoms. The van der Waals surface area contributed by atoms with Gasteiger partial charge in [0.15, 0.2) is 0 Å². The lowest BCUT2D eigenvalue weighted by atomic mass is 9.94. The van der Waals surface area contributed by atoms with Gasteiger partial charge < -0.3 is 9.80 Å². The number of aromatic nitrogens is 2. The van der Waals surface area contributed by atoms with Crippen molar-refractivity contribution in [2.45, 2.75) is 71.3 Å². The van der Waals surface area contributed by atoms with Crippen LogP contribution in [0.5, 0.6) is 0 Å². The fourth-order valence-corrected chi connectivity index (χ4v) is 6.62. The summed E-state index contributed by atoms with van der Waals surface area (Å²) >= 11 is 1.36. The van der Waals surface area contributed by atoms with Gasteiger partial charge in [-0.1, -0.05) is 6.42 Å². The Balaban J connectivity index is 1.33. The Hall–Kier alpha value is -2.22. The van der Waals surface area contributed by atoms with Crippen molar-refractivity contribution in [1.82, 2.24) is 19.4 Å². The van der Waals surface area contributed by atoms with Crippen molar-refractivity contribution in [3.05, 3.63) is 26.6 Å². The summed E-state index contributed by atoms with van der Waals surface area (Å²) in [6.45, 7) is 5.55. The zero-order valence-corrected chi connectivity index (χ0v) is 19.7. The van der Waals surface area contributed by atoms with Gasteiger partial charge in [0.1, 0.15) is 10.7 Å². The second-order valence-electron chi connectivity index (χ2n) is 9.48. The highest BCUT2D eigenvalue weighted by Gasteiger charge is 2.32. The third-order valence-electron chi connectivity index (χ3n) is 7.40. The van der Waals surface area contributed by atoms with E-state index in [4.69, 9.17) is 4.98 Å². The molecule has 0 atom stereocenters. The number of rotatable bonds is 2. The normalized spacial score (nSPS) is 20.3. The van der Waals surface area contributed by atoms with E-state index < -0.39 is 0 Å². The molecule has 0 aliphatic carbocycles. The highest BCUT2D eigenvalue weighted by molar-refractivity contribution is 7.20. The molecule has 2 amide bonds. The maximum Gasteiger partial charge on any atom is 0.264 e. The second-order valence-corrected chi connectivity index (χ2v) is 10.5. The molecule has 7 nitrogen and oxygen atoms in total. The van der Waals surface area contributed by atoms with E-state index in [-0.39, 0.29) is 23.3 Å². The number of piperidine rings is 2. The van der Waals surface area contributed by atoms with E-state index in [0.29, 0.717) is 34.7 Å². The summed E-state index contributed by atoms with van der Waals surface area (Å²) in [5.74, 6) is 1.14. The summed E-state index contributed by atoms with van der Waals surface area (Å²) in [5, 5.41) is 0.610. The minimum absolute atomic E-state index is 0.00513. The van der Waals surface area contributed by atoms with Crippen LogP contribution in [0.2, 0.25) is 0 Å². The SMILES string of the molecule is Cc1c(C(=O)N2CCC(C(=O)N3CCCCC3)CC2)sc2nc3n(c(=O)c12)CCCCC3. The molecule has 5 rings (SSSR count). The molecule has 2 fully saturated rings. The van der Waals surface area contributed by atoms with Crippen molar-refractivity contribution in [1.29, 1.82) is 0 Å². The van der Waals surface area contributed by atoms with Gasteiger partial charge >= 0.3 is 0 Å². The van der Waals surface area contributed by atoms with Gasteiger partial charge in [-0.3, -0.25) is 19.0 Å². The largest absolute Gasteiger partial charge is 0.342 e. The van der Waals surface area contributed by atoms with E-state index in [1.165, 1.54) is 17.8 Å². The average molecular weight is 457 g/mol. The molecule has 3 aliphatic rings. The van der Waals surface area contributed by atoms with E-state index >= 15 is 0 Å². The monoisotopic (exact) mass is 456 g/mol. The molecule has 0 spiro atoms. The third-order valence-corrected chi connectivity index (χ3v) is 8.58. The smallest absolute Gasteiger partial charge is 0.264 e. The zero-order valence-electron chi connectivity index (χ0n) is 18.9. The number of hydrogen-bond donors (Lipinski definition) is 0. The van der Waals surface area contributed by atoms with Crippen LogP contribution >= 0.6 is 11.3 Å². The maximum absolute atomic E-state index is 13.4. The average Bonchev–Trinajstić information content (AvgIpc) is 2.99. The van der Waals surface area contributed by atoms with E-state index in [9.17, 15) is 14.4 Å². The van der Waals surface area contributed by atoms with Crippen molar-refractivity contribution >= 4 is 33.4 Å². The second kappa shape index (κ2) is 8.96. The van der Waals surface area contributed by atoms with Crippen molar-refractivity contribution in [3.8, 4) is 0 Å². The number of likely N-dealkylation sites (tertiary alicyclic amines) is 2. The van der Waals surface area contributed by atoms with Crippen molar-refractivity contribution in [2.24, 2.45) is 5.92 Å². The van der Waals surface area contributed by atoms with Crippen molar-refractivity contribution in [2.75, 3.05) is 26.2 Å². The van der Waals surface area contributed by atoms with E-state index in [2.05, 4.69) is 0 Å². The Morgan fingerprint density at radius 1 is 0.906 bits per heavy atom. The van der Waals surface area contributed by atoms with Crippen LogP contribution in [0.1, 0.15) is 72.4 Å². The number of aryl methyl sites for hydroxylation is 2. The van der Waals surface area contributed by atoms with Gasteiger partial charge in [0.2, 0.25) is 5.91 Å². The standard InChI is InChI=1S/C24H32N4O3S/c1-16-19-21(25-18-8-4-2-7-13-28(18)23(19)30)32-20(16)24(31)27-14-9-17(10-15-27)22(29)26-11-5-3-6-12-26/h17H,2-15H2,1H3. The van der Waals surface area contributed by atoms with Crippen LogP contribution in [0.4, 0.5) is 0 Å². The molecule has 8 heteroatoms. The first-order valence-corrected chi connectivity index (χ1v) is 13.0. The molecule has 0 aromatic carbocycles. The minimum Gasteiger partial charge on any atom is -0.342 e. The van der Waals surface area contributed by atoms with Crippen LogP contribution in [0, 0.1) is 12.8 Å². The minimum atomic E-state index is -0.0195. The summed E-state index contributed by atoms with van der Waals surface area (Å²) in [5.41, 5.74) is 0.768. The summed E-state index contributed by atoms with van der Waals surface area (Å²) < 4.78 is 1.82. The van der Waals surface area contributed by atoms with Crippen molar-refractivity contribution in [3.63, 3.8) is 0 Å². The Bertz CT molecular complexity index is 1090. The highest BCUT2D eigenvalue weighted by atomic mass is 32.1. The fraction of sp³-hybridized carbons (Fsp3) is 0.667. The number of fused-ring (bicyclic) bond motifs is 2. The van der Waals surface area contributed by atoms with E-state index in [1.54, 1.807) is 0 Å². The van der Waals surface area contributed by atoms with Gasteiger partial charge in [0.05, 0.1) is 10.3 Å². The van der Waals surface area contributed by atoms with Crippen LogP contribution in [0.25, 0.3) is 10.2 Å². The molecule has 0 N–H and O–H groups in total. The molecule has 0 bridgehead atoms. The Morgan fingerprint density at radius 2 is 1.59 bits per heavy atom. The molecule has 0 unspecified atom stereocenters. The molecule has 3 aliphatic heterocycles. The highest BCUT2D eigenvalue weighted by Crippen LogP contribution is 2.31. The molecular weight excluding hydrogens is 424 g/mol. The lowest BCUT2D eigenvalue weighted by Gasteiger charge is -2.35. The molecule has 2 saturated heterocycles. The quantitative estimate of drug-likeness (QED) is 0.695. The first-order valence-electron chi connectivity index (χ1n) is 12.2. The molecule has 5 heterocycles. The summed E-state index contributed by atoms with van der Waals surface area (Å²) in [4.78, 5) is 49.4. The number of thiophene rings is 1. The van der Waals surface area contributed by atoms with E-state index in [1.807, 2.05) is 21.3 Å². The van der Waals surface area contributed by atoms with Crippen LogP contribution in [-0.4, -0.2) is 57.3 Å². The van der Waals surface area contributed by atoms with Gasteiger partial charge in [-0.2, -0.15) is 0 Å². The van der Waals surface area contributed by atoms with Gasteiger partial charge in [-0.05, 0) is 57.4 Å². The Morgan fingerprint density at radius 3 is 2.34 bits per heavy atom. The van der Waals surface area contributed by atoms with Gasteiger partial charge in [-0.25, -0.2) is 4.98 Å². The topological polar surface area (TPSA) is 75.5 Å². The van der Waals surface area contributed by atoms with Crippen LogP contribution in [0.3, 0.4) is 0 Å². The number of hydrogen-bond acceptors (Lipinski definition) is 5. The first kappa shape index (κ1) is 21.6. The summed E-state index contributed by atoms with van der Waals surface area (Å²) in [6, 6.07) is 0. The summed E-state index contributed by atoms with van der Waals surface area (Å²) in [6.07, 6.45) is 8.86. The third kappa shape index (κ3) is 3.87. The van der Waals surface area contributed by atoms with Gasteiger partial charge in [0, 0.05) is 45.1 Å². The fourth-order valence-electron chi connectivity index (χ4n) is 5.46. The number of carbonyl (C=O) groups excluding carboxylic acids is 2. The molecule has 0 radical (unpaired) electrons. The van der Waals surface area contributed by atoms with Gasteiger partial charge in [-0.15, -0.1) is 11.3 Å². The zero-order chi connectivity index (χ0) is 22.2.